The van der Waals surface area contributed by atoms with Gasteiger partial charge in [0.05, 0.1) is 13.3 Å². The fourth-order valence-corrected chi connectivity index (χ4v) is 2.73. The summed E-state index contributed by atoms with van der Waals surface area (Å²) in [5, 5.41) is 4.16. The Morgan fingerprint density at radius 2 is 2.26 bits per heavy atom. The number of benzene rings is 1. The quantitative estimate of drug-likeness (QED) is 0.854. The monoisotopic (exact) mass is 277 g/mol. The second-order valence-electron chi connectivity index (χ2n) is 4.50. The van der Waals surface area contributed by atoms with E-state index in [2.05, 4.69) is 11.2 Å². The van der Waals surface area contributed by atoms with Crippen molar-refractivity contribution < 1.29 is 4.74 Å². The highest BCUT2D eigenvalue weighted by Gasteiger charge is 2.08. The normalized spacial score (nSPS) is 12.4. The zero-order valence-corrected chi connectivity index (χ0v) is 12.3. The van der Waals surface area contributed by atoms with Crippen molar-refractivity contribution in [2.75, 3.05) is 7.11 Å². The first-order valence-electron chi connectivity index (χ1n) is 6.14. The molecule has 19 heavy (non-hydrogen) atoms. The molecule has 1 aromatic heterocycles. The van der Waals surface area contributed by atoms with Crippen molar-refractivity contribution in [3.63, 3.8) is 0 Å². The average Bonchev–Trinajstić information content (AvgIpc) is 2.81. The van der Waals surface area contributed by atoms with Crippen molar-refractivity contribution in [1.29, 1.82) is 0 Å². The third kappa shape index (κ3) is 3.52. The molecule has 1 heterocycles. The zero-order valence-electron chi connectivity index (χ0n) is 11.5. The second-order valence-corrected chi connectivity index (χ2v) is 5.55. The summed E-state index contributed by atoms with van der Waals surface area (Å²) in [6.07, 6.45) is 3.87. The van der Waals surface area contributed by atoms with Crippen LogP contribution in [-0.2, 0) is 12.8 Å². The van der Waals surface area contributed by atoms with Gasteiger partial charge in [0.2, 0.25) is 0 Å². The molecule has 2 rings (SSSR count). The molecule has 0 saturated carbocycles. The van der Waals surface area contributed by atoms with Gasteiger partial charge in [-0.25, -0.2) is 0 Å². The summed E-state index contributed by atoms with van der Waals surface area (Å²) in [5.41, 5.74) is 8.21. The number of hydrogen-bond acceptors (Lipinski definition) is 4. The minimum Gasteiger partial charge on any atom is -0.496 e. The third-order valence-corrected chi connectivity index (χ3v) is 3.91. The van der Waals surface area contributed by atoms with Gasteiger partial charge in [0.25, 0.3) is 0 Å². The Morgan fingerprint density at radius 3 is 2.84 bits per heavy atom. The number of aryl methyl sites for hydroxylation is 1. The summed E-state index contributed by atoms with van der Waals surface area (Å²) in [7, 11) is 3.61. The topological polar surface area (TPSA) is 53.1 Å². The van der Waals surface area contributed by atoms with E-state index in [1.807, 2.05) is 38.5 Å². The summed E-state index contributed by atoms with van der Waals surface area (Å²) >= 11 is 1.74. The summed E-state index contributed by atoms with van der Waals surface area (Å²) in [6, 6.07) is 6.15. The molecular weight excluding hydrogens is 258 g/mol. The summed E-state index contributed by atoms with van der Waals surface area (Å²) in [6.45, 7) is 1.99. The number of ether oxygens (including phenoxy) is 1. The van der Waals surface area contributed by atoms with Crippen LogP contribution in [0.25, 0.3) is 0 Å². The number of hydrogen-bond donors (Lipinski definition) is 1. The van der Waals surface area contributed by atoms with E-state index in [9.17, 15) is 0 Å². The molecule has 1 unspecified atom stereocenters. The lowest BCUT2D eigenvalue weighted by atomic mass is 10.1. The largest absolute Gasteiger partial charge is 0.496 e. The SMILES string of the molecule is COc1ccc(C(C)N)cc1CSc1cnn(C)c1. The van der Waals surface area contributed by atoms with Crippen molar-refractivity contribution in [2.45, 2.75) is 23.6 Å². The van der Waals surface area contributed by atoms with Crippen molar-refractivity contribution >= 4 is 11.8 Å². The van der Waals surface area contributed by atoms with Crippen LogP contribution < -0.4 is 10.5 Å². The van der Waals surface area contributed by atoms with E-state index in [0.717, 1.165) is 27.5 Å². The van der Waals surface area contributed by atoms with Crippen LogP contribution in [-0.4, -0.2) is 16.9 Å². The molecule has 4 nitrogen and oxygen atoms in total. The van der Waals surface area contributed by atoms with Crippen LogP contribution >= 0.6 is 11.8 Å². The number of nitrogens with two attached hydrogens (primary N) is 1. The van der Waals surface area contributed by atoms with Gasteiger partial charge in [-0.1, -0.05) is 6.07 Å². The van der Waals surface area contributed by atoms with Crippen LogP contribution in [0.1, 0.15) is 24.1 Å². The van der Waals surface area contributed by atoms with Crippen LogP contribution in [0.3, 0.4) is 0 Å². The van der Waals surface area contributed by atoms with E-state index in [1.54, 1.807) is 23.6 Å². The van der Waals surface area contributed by atoms with Gasteiger partial charge in [-0.15, -0.1) is 11.8 Å². The highest BCUT2D eigenvalue weighted by Crippen LogP contribution is 2.29. The first-order valence-corrected chi connectivity index (χ1v) is 7.12. The number of rotatable bonds is 5. The molecule has 0 aliphatic heterocycles. The van der Waals surface area contributed by atoms with Crippen molar-refractivity contribution in [3.05, 3.63) is 41.7 Å². The minimum atomic E-state index is 0.0352. The molecule has 102 valence electrons. The van der Waals surface area contributed by atoms with E-state index in [1.165, 1.54) is 0 Å². The maximum Gasteiger partial charge on any atom is 0.122 e. The third-order valence-electron chi connectivity index (χ3n) is 2.91. The Bertz CT molecular complexity index is 551. The standard InChI is InChI=1S/C14H19N3OS/c1-10(15)11-4-5-14(18-3)12(6-11)9-19-13-7-16-17(2)8-13/h4-8,10H,9,15H2,1-3H3. The van der Waals surface area contributed by atoms with Crippen LogP contribution in [0, 0.1) is 0 Å². The lowest BCUT2D eigenvalue weighted by Crippen LogP contribution is -2.05. The van der Waals surface area contributed by atoms with Crippen LogP contribution in [0.2, 0.25) is 0 Å². The minimum absolute atomic E-state index is 0.0352. The Hall–Kier alpha value is -1.46. The number of aromatic nitrogens is 2. The smallest absolute Gasteiger partial charge is 0.122 e. The molecule has 1 aromatic carbocycles. The van der Waals surface area contributed by atoms with Crippen molar-refractivity contribution in [3.8, 4) is 5.75 Å². The molecule has 1 atom stereocenters. The van der Waals surface area contributed by atoms with Gasteiger partial charge in [-0.2, -0.15) is 5.10 Å². The van der Waals surface area contributed by atoms with Gasteiger partial charge in [0.1, 0.15) is 5.75 Å². The maximum atomic E-state index is 5.92. The van der Waals surface area contributed by atoms with Crippen LogP contribution in [0.15, 0.2) is 35.5 Å². The van der Waals surface area contributed by atoms with Gasteiger partial charge in [-0.05, 0) is 24.6 Å². The van der Waals surface area contributed by atoms with E-state index in [-0.39, 0.29) is 6.04 Å². The van der Waals surface area contributed by atoms with Gasteiger partial charge in [-0.3, -0.25) is 4.68 Å². The van der Waals surface area contributed by atoms with Gasteiger partial charge >= 0.3 is 0 Å². The molecule has 0 spiro atoms. The molecule has 5 heteroatoms. The molecule has 0 aliphatic rings. The van der Waals surface area contributed by atoms with E-state index >= 15 is 0 Å². The number of nitrogens with zero attached hydrogens (tertiary/aromatic N) is 2. The zero-order chi connectivity index (χ0) is 13.8. The first kappa shape index (κ1) is 14.0. The molecule has 0 saturated heterocycles. The van der Waals surface area contributed by atoms with Crippen LogP contribution in [0.5, 0.6) is 5.75 Å². The lowest BCUT2D eigenvalue weighted by Gasteiger charge is -2.12. The Labute approximate surface area is 117 Å². The Morgan fingerprint density at radius 1 is 1.47 bits per heavy atom. The summed E-state index contributed by atoms with van der Waals surface area (Å²) in [5.74, 6) is 1.75. The fourth-order valence-electron chi connectivity index (χ4n) is 1.83. The van der Waals surface area contributed by atoms with Crippen LogP contribution in [0.4, 0.5) is 0 Å². The predicted octanol–water partition coefficient (Wildman–Crippen LogP) is 2.74. The van der Waals surface area contributed by atoms with Crippen molar-refractivity contribution in [2.24, 2.45) is 12.8 Å². The first-order chi connectivity index (χ1) is 9.10. The molecule has 0 radical (unpaired) electrons. The fraction of sp³-hybridized carbons (Fsp3) is 0.357. The molecule has 2 aromatic rings. The number of thioether (sulfide) groups is 1. The molecule has 0 aliphatic carbocycles. The van der Waals surface area contributed by atoms with Gasteiger partial charge < -0.3 is 10.5 Å². The average molecular weight is 277 g/mol. The highest BCUT2D eigenvalue weighted by atomic mass is 32.2. The summed E-state index contributed by atoms with van der Waals surface area (Å²) < 4.78 is 7.20. The molecule has 0 fully saturated rings. The summed E-state index contributed by atoms with van der Waals surface area (Å²) in [4.78, 5) is 1.15. The lowest BCUT2D eigenvalue weighted by molar-refractivity contribution is 0.411. The number of methoxy groups -OCH3 is 1. The molecule has 0 bridgehead atoms. The maximum absolute atomic E-state index is 5.92. The predicted molar refractivity (Wildman–Crippen MR) is 78.4 cm³/mol. The van der Waals surface area contributed by atoms with E-state index < -0.39 is 0 Å². The Balaban J connectivity index is 2.15. The highest BCUT2D eigenvalue weighted by molar-refractivity contribution is 7.98. The molecule has 2 N–H and O–H groups in total. The van der Waals surface area contributed by atoms with E-state index in [4.69, 9.17) is 10.5 Å². The van der Waals surface area contributed by atoms with E-state index in [0.29, 0.717) is 0 Å². The van der Waals surface area contributed by atoms with Gasteiger partial charge in [0, 0.05) is 35.5 Å². The second kappa shape index (κ2) is 6.12. The molecule has 0 amide bonds. The van der Waals surface area contributed by atoms with Gasteiger partial charge in [0.15, 0.2) is 0 Å². The Kier molecular flexibility index (Phi) is 4.50. The van der Waals surface area contributed by atoms with Crippen molar-refractivity contribution in [1.82, 2.24) is 9.78 Å². The molecular formula is C14H19N3OS.